The fourth-order valence-electron chi connectivity index (χ4n) is 1.19. The predicted octanol–water partition coefficient (Wildman–Crippen LogP) is 2.75. The maximum Gasteiger partial charge on any atom is 0.315 e. The zero-order valence-corrected chi connectivity index (χ0v) is 10.6. The summed E-state index contributed by atoms with van der Waals surface area (Å²) < 4.78 is 5.14. The summed E-state index contributed by atoms with van der Waals surface area (Å²) in [5.74, 6) is -0.166. The number of carbonyl (C=O) groups excluding carboxylic acids is 1. The normalized spacial score (nSPS) is 12.2. The first-order valence-electron chi connectivity index (χ1n) is 4.85. The van der Waals surface area contributed by atoms with Gasteiger partial charge in [-0.25, -0.2) is 0 Å². The van der Waals surface area contributed by atoms with Gasteiger partial charge >= 0.3 is 5.97 Å². The summed E-state index contributed by atoms with van der Waals surface area (Å²) in [5.41, 5.74) is 0. The lowest BCUT2D eigenvalue weighted by atomic mass is 10.2. The van der Waals surface area contributed by atoms with E-state index in [9.17, 15) is 4.79 Å². The lowest BCUT2D eigenvalue weighted by Crippen LogP contribution is -2.27. The Morgan fingerprint density at radius 2 is 1.94 bits per heavy atom. The molecule has 0 heterocycles. The molecule has 0 fully saturated rings. The Bertz CT molecular complexity index is 362. The second kappa shape index (κ2) is 6.09. The van der Waals surface area contributed by atoms with Gasteiger partial charge in [0.15, 0.2) is 0 Å². The molecule has 0 saturated carbocycles. The second-order valence-corrected chi connectivity index (χ2v) is 4.36. The first-order valence-corrected chi connectivity index (χ1v) is 5.61. The number of ether oxygens (including phenoxy) is 1. The first-order chi connectivity index (χ1) is 7.52. The van der Waals surface area contributed by atoms with Crippen molar-refractivity contribution < 1.29 is 9.53 Å². The van der Waals surface area contributed by atoms with Crippen LogP contribution in [0.25, 0.3) is 0 Å². The lowest BCUT2D eigenvalue weighted by Gasteiger charge is -2.10. The first kappa shape index (κ1) is 13.3. The van der Waals surface area contributed by atoms with E-state index in [-0.39, 0.29) is 11.9 Å². The van der Waals surface area contributed by atoms with Crippen molar-refractivity contribution in [2.75, 3.05) is 13.6 Å². The minimum atomic E-state index is -0.312. The molecule has 3 nitrogen and oxygen atoms in total. The van der Waals surface area contributed by atoms with Crippen LogP contribution in [0.3, 0.4) is 0 Å². The lowest BCUT2D eigenvalue weighted by molar-refractivity contribution is -0.138. The van der Waals surface area contributed by atoms with Crippen molar-refractivity contribution >= 4 is 29.2 Å². The molecule has 88 valence electrons. The molecular weight excluding hydrogens is 249 g/mol. The fraction of sp³-hybridized carbons (Fsp3) is 0.364. The van der Waals surface area contributed by atoms with E-state index in [1.807, 2.05) is 0 Å². The molecule has 0 aliphatic rings. The van der Waals surface area contributed by atoms with Gasteiger partial charge in [0.1, 0.15) is 5.75 Å². The van der Waals surface area contributed by atoms with E-state index in [2.05, 4.69) is 5.32 Å². The molecule has 16 heavy (non-hydrogen) atoms. The predicted molar refractivity (Wildman–Crippen MR) is 65.2 cm³/mol. The fourth-order valence-corrected chi connectivity index (χ4v) is 1.70. The molecule has 1 rings (SSSR count). The third-order valence-electron chi connectivity index (χ3n) is 1.97. The number of nitrogens with one attached hydrogen (secondary N) is 1. The van der Waals surface area contributed by atoms with Crippen LogP contribution in [0.15, 0.2) is 18.2 Å². The molecule has 0 bridgehead atoms. The summed E-state index contributed by atoms with van der Waals surface area (Å²) in [6.07, 6.45) is 0. The van der Waals surface area contributed by atoms with Crippen molar-refractivity contribution in [3.05, 3.63) is 28.2 Å². The average Bonchev–Trinajstić information content (AvgIpc) is 2.16. The van der Waals surface area contributed by atoms with E-state index in [0.29, 0.717) is 22.3 Å². The maximum absolute atomic E-state index is 11.6. The van der Waals surface area contributed by atoms with Crippen LogP contribution in [0.4, 0.5) is 0 Å². The monoisotopic (exact) mass is 261 g/mol. The largest absolute Gasteiger partial charge is 0.426 e. The number of benzene rings is 1. The second-order valence-electron chi connectivity index (χ2n) is 3.48. The van der Waals surface area contributed by atoms with Crippen LogP contribution in [-0.4, -0.2) is 19.6 Å². The molecule has 0 aliphatic carbocycles. The molecule has 0 spiro atoms. The summed E-state index contributed by atoms with van der Waals surface area (Å²) in [6, 6.07) is 4.69. The molecule has 0 amide bonds. The number of hydrogen-bond acceptors (Lipinski definition) is 3. The third-order valence-corrected chi connectivity index (χ3v) is 2.40. The van der Waals surface area contributed by atoms with Crippen LogP contribution in [0, 0.1) is 5.92 Å². The molecule has 0 aliphatic heterocycles. The molecule has 0 saturated heterocycles. The highest BCUT2D eigenvalue weighted by Crippen LogP contribution is 2.24. The topological polar surface area (TPSA) is 38.3 Å². The van der Waals surface area contributed by atoms with Crippen molar-refractivity contribution in [1.82, 2.24) is 5.32 Å². The van der Waals surface area contributed by atoms with Gasteiger partial charge in [0.05, 0.1) is 5.92 Å². The molecule has 5 heteroatoms. The highest BCUT2D eigenvalue weighted by Gasteiger charge is 2.14. The number of halogens is 2. The Morgan fingerprint density at radius 1 is 1.38 bits per heavy atom. The van der Waals surface area contributed by atoms with Gasteiger partial charge in [0.25, 0.3) is 0 Å². The van der Waals surface area contributed by atoms with Crippen molar-refractivity contribution in [1.29, 1.82) is 0 Å². The van der Waals surface area contributed by atoms with Gasteiger partial charge in [-0.1, -0.05) is 30.1 Å². The SMILES string of the molecule is CNCC(C)C(=O)Oc1cc(Cl)cc(Cl)c1. The molecule has 1 unspecified atom stereocenters. The van der Waals surface area contributed by atoms with Crippen LogP contribution in [0.1, 0.15) is 6.92 Å². The molecule has 1 aromatic rings. The maximum atomic E-state index is 11.6. The van der Waals surface area contributed by atoms with Gasteiger partial charge in [0.2, 0.25) is 0 Å². The molecule has 1 aromatic carbocycles. The number of hydrogen-bond donors (Lipinski definition) is 1. The smallest absolute Gasteiger partial charge is 0.315 e. The van der Waals surface area contributed by atoms with E-state index in [4.69, 9.17) is 27.9 Å². The van der Waals surface area contributed by atoms with Gasteiger partial charge in [-0.05, 0) is 25.2 Å². The Labute approximate surface area is 105 Å². The van der Waals surface area contributed by atoms with Crippen molar-refractivity contribution in [2.24, 2.45) is 5.92 Å². The van der Waals surface area contributed by atoms with E-state index >= 15 is 0 Å². The van der Waals surface area contributed by atoms with Gasteiger partial charge in [0, 0.05) is 16.6 Å². The zero-order valence-electron chi connectivity index (χ0n) is 9.09. The minimum absolute atomic E-state index is 0.220. The summed E-state index contributed by atoms with van der Waals surface area (Å²) >= 11 is 11.6. The number of rotatable bonds is 4. The highest BCUT2D eigenvalue weighted by molar-refractivity contribution is 6.34. The van der Waals surface area contributed by atoms with Gasteiger partial charge in [-0.15, -0.1) is 0 Å². The molecule has 1 atom stereocenters. The van der Waals surface area contributed by atoms with E-state index in [0.717, 1.165) is 0 Å². The van der Waals surface area contributed by atoms with Crippen LogP contribution in [0.2, 0.25) is 10.0 Å². The molecule has 0 aromatic heterocycles. The van der Waals surface area contributed by atoms with E-state index < -0.39 is 0 Å². The zero-order chi connectivity index (χ0) is 12.1. The molecular formula is C11H13Cl2NO2. The van der Waals surface area contributed by atoms with Gasteiger partial charge in [-0.3, -0.25) is 4.79 Å². The summed E-state index contributed by atoms with van der Waals surface area (Å²) in [6.45, 7) is 2.35. The Kier molecular flexibility index (Phi) is 5.06. The number of carbonyl (C=O) groups is 1. The van der Waals surface area contributed by atoms with Crippen molar-refractivity contribution in [2.45, 2.75) is 6.92 Å². The average molecular weight is 262 g/mol. The highest BCUT2D eigenvalue weighted by atomic mass is 35.5. The van der Waals surface area contributed by atoms with Gasteiger partial charge < -0.3 is 10.1 Å². The van der Waals surface area contributed by atoms with Crippen LogP contribution in [0.5, 0.6) is 5.75 Å². The minimum Gasteiger partial charge on any atom is -0.426 e. The van der Waals surface area contributed by atoms with Crippen LogP contribution >= 0.6 is 23.2 Å². The Morgan fingerprint density at radius 3 is 2.44 bits per heavy atom. The quantitative estimate of drug-likeness (QED) is 0.669. The molecule has 0 radical (unpaired) electrons. The standard InChI is InChI=1S/C11H13Cl2NO2/c1-7(6-14-2)11(15)16-10-4-8(12)3-9(13)5-10/h3-5,7,14H,6H2,1-2H3. The Hall–Kier alpha value is -0.770. The molecule has 1 N–H and O–H groups in total. The van der Waals surface area contributed by atoms with Crippen molar-refractivity contribution in [3.63, 3.8) is 0 Å². The van der Waals surface area contributed by atoms with Crippen LogP contribution in [-0.2, 0) is 4.79 Å². The van der Waals surface area contributed by atoms with Crippen LogP contribution < -0.4 is 10.1 Å². The summed E-state index contributed by atoms with van der Waals surface area (Å²) in [4.78, 5) is 11.6. The van der Waals surface area contributed by atoms with Crippen molar-refractivity contribution in [3.8, 4) is 5.75 Å². The van der Waals surface area contributed by atoms with E-state index in [1.54, 1.807) is 32.2 Å². The summed E-state index contributed by atoms with van der Waals surface area (Å²) in [5, 5.41) is 3.79. The van der Waals surface area contributed by atoms with Gasteiger partial charge in [-0.2, -0.15) is 0 Å². The Balaban J connectivity index is 2.69. The third kappa shape index (κ3) is 4.00. The summed E-state index contributed by atoms with van der Waals surface area (Å²) in [7, 11) is 1.78. The van der Waals surface area contributed by atoms with E-state index in [1.165, 1.54) is 0 Å². The number of esters is 1.